The number of hydrogen-bond acceptors (Lipinski definition) is 6. The molecule has 0 radical (unpaired) electrons. The Bertz CT molecular complexity index is 591. The van der Waals surface area contributed by atoms with Crippen LogP contribution in [0.5, 0.6) is 11.5 Å². The molecule has 122 valence electrons. The quantitative estimate of drug-likeness (QED) is 0.879. The van der Waals surface area contributed by atoms with E-state index in [4.69, 9.17) is 14.0 Å². The van der Waals surface area contributed by atoms with Crippen LogP contribution in [0.1, 0.15) is 18.3 Å². The molecular formula is C15H22ClN3O3. The number of aromatic nitrogens is 2. The van der Waals surface area contributed by atoms with Gasteiger partial charge < -0.3 is 19.3 Å². The Hall–Kier alpha value is -1.79. The summed E-state index contributed by atoms with van der Waals surface area (Å²) >= 11 is 0. The van der Waals surface area contributed by atoms with Crippen molar-refractivity contribution in [1.82, 2.24) is 15.5 Å². The van der Waals surface area contributed by atoms with Crippen molar-refractivity contribution in [3.8, 4) is 23.0 Å². The molecule has 0 spiro atoms. The van der Waals surface area contributed by atoms with E-state index in [1.807, 2.05) is 26.1 Å². The van der Waals surface area contributed by atoms with Crippen LogP contribution < -0.4 is 14.8 Å². The summed E-state index contributed by atoms with van der Waals surface area (Å²) in [5.41, 5.74) is 1.72. The number of benzene rings is 1. The molecule has 6 nitrogen and oxygen atoms in total. The average Bonchev–Trinajstić information content (AvgIpc) is 2.95. The molecule has 0 aliphatic rings. The van der Waals surface area contributed by atoms with E-state index in [1.165, 1.54) is 0 Å². The molecule has 0 aliphatic carbocycles. The van der Waals surface area contributed by atoms with Gasteiger partial charge in [-0.25, -0.2) is 0 Å². The van der Waals surface area contributed by atoms with E-state index in [1.54, 1.807) is 14.2 Å². The van der Waals surface area contributed by atoms with E-state index in [9.17, 15) is 0 Å². The highest BCUT2D eigenvalue weighted by molar-refractivity contribution is 5.85. The molecule has 0 bridgehead atoms. The molecule has 1 aromatic heterocycles. The molecular weight excluding hydrogens is 306 g/mol. The SMILES string of the molecule is CNC(C)Cc1noc(-c2cc(OC)c(C)c(OC)c2)n1.Cl. The molecule has 0 amide bonds. The van der Waals surface area contributed by atoms with Crippen LogP contribution in [0.15, 0.2) is 16.7 Å². The standard InChI is InChI=1S/C15H21N3O3.ClH/c1-9(16-3)6-14-17-15(21-18-14)11-7-12(19-4)10(2)13(8-11)20-5;/h7-9,16H,6H2,1-5H3;1H. The van der Waals surface area contributed by atoms with Crippen molar-refractivity contribution in [3.05, 3.63) is 23.5 Å². The zero-order valence-corrected chi connectivity index (χ0v) is 14.3. The van der Waals surface area contributed by atoms with Gasteiger partial charge in [-0.15, -0.1) is 12.4 Å². The van der Waals surface area contributed by atoms with Gasteiger partial charge in [0.1, 0.15) is 11.5 Å². The van der Waals surface area contributed by atoms with Gasteiger partial charge in [0.2, 0.25) is 0 Å². The zero-order chi connectivity index (χ0) is 15.4. The third-order valence-corrected chi connectivity index (χ3v) is 3.45. The van der Waals surface area contributed by atoms with Crippen molar-refractivity contribution in [1.29, 1.82) is 0 Å². The van der Waals surface area contributed by atoms with Crippen LogP contribution in [-0.2, 0) is 6.42 Å². The summed E-state index contributed by atoms with van der Waals surface area (Å²) in [6, 6.07) is 4.03. The van der Waals surface area contributed by atoms with Gasteiger partial charge in [-0.1, -0.05) is 5.16 Å². The van der Waals surface area contributed by atoms with Gasteiger partial charge >= 0.3 is 0 Å². The molecule has 2 rings (SSSR count). The van der Waals surface area contributed by atoms with Crippen LogP contribution in [0.2, 0.25) is 0 Å². The maximum absolute atomic E-state index is 5.36. The minimum atomic E-state index is 0. The van der Waals surface area contributed by atoms with Crippen molar-refractivity contribution in [2.75, 3.05) is 21.3 Å². The summed E-state index contributed by atoms with van der Waals surface area (Å²) in [5, 5.41) is 7.15. The molecule has 7 heteroatoms. The molecule has 1 heterocycles. The van der Waals surface area contributed by atoms with E-state index < -0.39 is 0 Å². The first-order chi connectivity index (χ1) is 10.1. The molecule has 0 aliphatic heterocycles. The van der Waals surface area contributed by atoms with Crippen LogP contribution in [-0.4, -0.2) is 37.4 Å². The van der Waals surface area contributed by atoms with E-state index >= 15 is 0 Å². The topological polar surface area (TPSA) is 69.4 Å². The van der Waals surface area contributed by atoms with Gasteiger partial charge in [-0.05, 0) is 33.0 Å². The van der Waals surface area contributed by atoms with Crippen LogP contribution in [0.3, 0.4) is 0 Å². The van der Waals surface area contributed by atoms with Gasteiger partial charge in [0.25, 0.3) is 5.89 Å². The molecule has 1 unspecified atom stereocenters. The Balaban J connectivity index is 0.00000242. The summed E-state index contributed by atoms with van der Waals surface area (Å²) in [6.07, 6.45) is 0.708. The van der Waals surface area contributed by atoms with Crippen LogP contribution in [0, 0.1) is 6.92 Å². The highest BCUT2D eigenvalue weighted by atomic mass is 35.5. The largest absolute Gasteiger partial charge is 0.496 e. The fourth-order valence-corrected chi connectivity index (χ4v) is 2.04. The van der Waals surface area contributed by atoms with Crippen LogP contribution in [0.25, 0.3) is 11.5 Å². The fourth-order valence-electron chi connectivity index (χ4n) is 2.04. The summed E-state index contributed by atoms with van der Waals surface area (Å²) in [6.45, 7) is 4.00. The lowest BCUT2D eigenvalue weighted by Gasteiger charge is -2.10. The van der Waals surface area contributed by atoms with Gasteiger partial charge in [-0.3, -0.25) is 0 Å². The second-order valence-corrected chi connectivity index (χ2v) is 4.92. The van der Waals surface area contributed by atoms with E-state index in [2.05, 4.69) is 22.4 Å². The Morgan fingerprint density at radius 2 is 1.82 bits per heavy atom. The molecule has 1 aromatic carbocycles. The predicted molar refractivity (Wildman–Crippen MR) is 87.0 cm³/mol. The third-order valence-electron chi connectivity index (χ3n) is 3.45. The smallest absolute Gasteiger partial charge is 0.258 e. The van der Waals surface area contributed by atoms with Crippen LogP contribution in [0.4, 0.5) is 0 Å². The average molecular weight is 328 g/mol. The van der Waals surface area contributed by atoms with Gasteiger partial charge in [0, 0.05) is 23.6 Å². The number of likely N-dealkylation sites (N-methyl/N-ethyl adjacent to an activating group) is 1. The first kappa shape index (κ1) is 18.3. The lowest BCUT2D eigenvalue weighted by molar-refractivity contribution is 0.387. The molecule has 2 aromatic rings. The first-order valence-corrected chi connectivity index (χ1v) is 6.81. The van der Waals surface area contributed by atoms with Crippen LogP contribution >= 0.6 is 12.4 Å². The summed E-state index contributed by atoms with van der Waals surface area (Å²) in [4.78, 5) is 4.42. The minimum Gasteiger partial charge on any atom is -0.496 e. The van der Waals surface area contributed by atoms with E-state index in [0.717, 1.165) is 22.6 Å². The molecule has 0 saturated heterocycles. The molecule has 0 saturated carbocycles. The number of rotatable bonds is 6. The van der Waals surface area contributed by atoms with Gasteiger partial charge in [0.05, 0.1) is 14.2 Å². The lowest BCUT2D eigenvalue weighted by Crippen LogP contribution is -2.24. The van der Waals surface area contributed by atoms with Crippen molar-refractivity contribution in [3.63, 3.8) is 0 Å². The van der Waals surface area contributed by atoms with Crippen molar-refractivity contribution < 1.29 is 14.0 Å². The lowest BCUT2D eigenvalue weighted by atomic mass is 10.1. The fraction of sp³-hybridized carbons (Fsp3) is 0.467. The van der Waals surface area contributed by atoms with Gasteiger partial charge in [0.15, 0.2) is 5.82 Å². The minimum absolute atomic E-state index is 0. The number of nitrogens with one attached hydrogen (secondary N) is 1. The van der Waals surface area contributed by atoms with E-state index in [-0.39, 0.29) is 18.4 Å². The maximum Gasteiger partial charge on any atom is 0.258 e. The predicted octanol–water partition coefficient (Wildman–Crippen LogP) is 2.63. The monoisotopic (exact) mass is 327 g/mol. The van der Waals surface area contributed by atoms with Crippen molar-refractivity contribution in [2.45, 2.75) is 26.3 Å². The number of halogens is 1. The van der Waals surface area contributed by atoms with E-state index in [0.29, 0.717) is 18.1 Å². The summed E-state index contributed by atoms with van der Waals surface area (Å²) < 4.78 is 16.1. The van der Waals surface area contributed by atoms with Gasteiger partial charge in [-0.2, -0.15) is 4.98 Å². The van der Waals surface area contributed by atoms with Crippen molar-refractivity contribution in [2.24, 2.45) is 0 Å². The number of hydrogen-bond donors (Lipinski definition) is 1. The summed E-state index contributed by atoms with van der Waals surface area (Å²) in [7, 11) is 5.15. The Morgan fingerprint density at radius 3 is 2.32 bits per heavy atom. The Labute approximate surface area is 136 Å². The maximum atomic E-state index is 5.36. The molecule has 22 heavy (non-hydrogen) atoms. The number of methoxy groups -OCH3 is 2. The normalized spacial score (nSPS) is 11.7. The second kappa shape index (κ2) is 8.00. The molecule has 0 fully saturated rings. The Morgan fingerprint density at radius 1 is 1.23 bits per heavy atom. The zero-order valence-electron chi connectivity index (χ0n) is 13.5. The Kier molecular flexibility index (Phi) is 6.64. The number of nitrogens with zero attached hydrogens (tertiary/aromatic N) is 2. The molecule has 1 atom stereocenters. The first-order valence-electron chi connectivity index (χ1n) is 6.81. The second-order valence-electron chi connectivity index (χ2n) is 4.92. The molecule has 1 N–H and O–H groups in total. The van der Waals surface area contributed by atoms with Crippen molar-refractivity contribution >= 4 is 12.4 Å². The third kappa shape index (κ3) is 3.90. The summed E-state index contributed by atoms with van der Waals surface area (Å²) in [5.74, 6) is 2.59. The number of ether oxygens (including phenoxy) is 2. The highest BCUT2D eigenvalue weighted by Crippen LogP contribution is 2.33. The highest BCUT2D eigenvalue weighted by Gasteiger charge is 2.15.